The highest BCUT2D eigenvalue weighted by atomic mass is 16.5. The van der Waals surface area contributed by atoms with Gasteiger partial charge in [0.15, 0.2) is 11.6 Å². The lowest BCUT2D eigenvalue weighted by Gasteiger charge is -2.22. The van der Waals surface area contributed by atoms with Gasteiger partial charge in [-0.05, 0) is 24.7 Å². The zero-order valence-electron chi connectivity index (χ0n) is 31.0. The van der Waals surface area contributed by atoms with E-state index in [1.807, 2.05) is 0 Å². The maximum absolute atomic E-state index is 11.6. The van der Waals surface area contributed by atoms with Crippen molar-refractivity contribution in [3.05, 3.63) is 23.4 Å². The Morgan fingerprint density at radius 3 is 1.51 bits per heavy atom. The first kappa shape index (κ1) is 41.5. The van der Waals surface area contributed by atoms with Crippen LogP contribution in [-0.2, 0) is 32.3 Å². The van der Waals surface area contributed by atoms with E-state index in [-0.39, 0.29) is 49.6 Å². The Balaban J connectivity index is 0.000000276. The number of aliphatic carboxylic acids is 1. The molecule has 2 aromatic rings. The largest absolute Gasteiger partial charge is 0.481 e. The molecule has 0 spiro atoms. The SMILES string of the molecule is CC(=O)N(C)Cc1noc([C@H](CCCC2CCCCC2)CC(=O)NO)n1.CC(=O)N(C)Cc1noc([C@H](CCCC2CCCCC2)CC(=O)O)n1. The predicted octanol–water partition coefficient (Wildman–Crippen LogP) is 6.13. The Bertz CT molecular complexity index is 1350. The van der Waals surface area contributed by atoms with Gasteiger partial charge in [0.1, 0.15) is 0 Å². The van der Waals surface area contributed by atoms with Crippen LogP contribution in [0.4, 0.5) is 0 Å². The molecule has 0 saturated heterocycles. The summed E-state index contributed by atoms with van der Waals surface area (Å²) in [6.45, 7) is 3.47. The highest BCUT2D eigenvalue weighted by Crippen LogP contribution is 2.32. The number of hydroxylamine groups is 1. The second kappa shape index (κ2) is 22.1. The van der Waals surface area contributed by atoms with E-state index in [0.717, 1.165) is 50.4 Å². The summed E-state index contributed by atoms with van der Waals surface area (Å²) in [5.41, 5.74) is 1.68. The Kier molecular flexibility index (Phi) is 18.0. The summed E-state index contributed by atoms with van der Waals surface area (Å²) < 4.78 is 10.6. The molecule has 3 N–H and O–H groups in total. The number of carboxylic acid groups (broad SMARTS) is 1. The van der Waals surface area contributed by atoms with Gasteiger partial charge in [0, 0.05) is 46.2 Å². The molecule has 15 heteroatoms. The first-order valence-corrected chi connectivity index (χ1v) is 18.7. The topological polar surface area (TPSA) is 205 Å². The molecule has 2 aliphatic carbocycles. The number of carboxylic acids is 1. The third-order valence-corrected chi connectivity index (χ3v) is 10.3. The Morgan fingerprint density at radius 1 is 0.725 bits per heavy atom. The number of rotatable bonds is 18. The van der Waals surface area contributed by atoms with Crippen LogP contribution in [0.25, 0.3) is 0 Å². The lowest BCUT2D eigenvalue weighted by atomic mass is 9.84. The van der Waals surface area contributed by atoms with E-state index in [2.05, 4.69) is 20.3 Å². The van der Waals surface area contributed by atoms with Crippen LogP contribution in [0.15, 0.2) is 9.05 Å². The van der Waals surface area contributed by atoms with Gasteiger partial charge in [0.25, 0.3) is 0 Å². The summed E-state index contributed by atoms with van der Waals surface area (Å²) in [4.78, 5) is 57.1. The predicted molar refractivity (Wildman–Crippen MR) is 186 cm³/mol. The Labute approximate surface area is 301 Å². The Hall–Kier alpha value is -3.88. The minimum absolute atomic E-state index is 0.00511. The van der Waals surface area contributed by atoms with E-state index in [4.69, 9.17) is 14.3 Å². The van der Waals surface area contributed by atoms with Gasteiger partial charge in [-0.25, -0.2) is 5.48 Å². The summed E-state index contributed by atoms with van der Waals surface area (Å²) in [5, 5.41) is 25.8. The normalized spacial score (nSPS) is 16.4. The second-order valence-electron chi connectivity index (χ2n) is 14.4. The summed E-state index contributed by atoms with van der Waals surface area (Å²) in [6.07, 6.45) is 19.0. The Morgan fingerprint density at radius 2 is 1.14 bits per heavy atom. The molecule has 2 aliphatic rings. The number of nitrogens with zero attached hydrogens (tertiary/aromatic N) is 6. The first-order chi connectivity index (χ1) is 24.4. The van der Waals surface area contributed by atoms with Crippen molar-refractivity contribution in [2.45, 2.75) is 154 Å². The van der Waals surface area contributed by atoms with Crippen molar-refractivity contribution in [1.29, 1.82) is 0 Å². The molecule has 51 heavy (non-hydrogen) atoms. The van der Waals surface area contributed by atoms with Gasteiger partial charge in [0.05, 0.1) is 19.5 Å². The van der Waals surface area contributed by atoms with Crippen LogP contribution in [-0.4, -0.2) is 78.2 Å². The molecule has 4 rings (SSSR count). The van der Waals surface area contributed by atoms with Crippen LogP contribution in [0.2, 0.25) is 0 Å². The highest BCUT2D eigenvalue weighted by molar-refractivity contribution is 5.75. The van der Waals surface area contributed by atoms with Crippen molar-refractivity contribution in [3.8, 4) is 0 Å². The highest BCUT2D eigenvalue weighted by Gasteiger charge is 2.25. The van der Waals surface area contributed by atoms with Crippen LogP contribution in [0, 0.1) is 11.8 Å². The fraction of sp³-hybridized carbons (Fsp3) is 0.778. The average molecular weight is 718 g/mol. The summed E-state index contributed by atoms with van der Waals surface area (Å²) in [7, 11) is 3.33. The van der Waals surface area contributed by atoms with Crippen LogP contribution >= 0.6 is 0 Å². The molecule has 286 valence electrons. The fourth-order valence-corrected chi connectivity index (χ4v) is 7.01. The van der Waals surface area contributed by atoms with E-state index in [9.17, 15) is 24.3 Å². The number of aromatic nitrogens is 4. The summed E-state index contributed by atoms with van der Waals surface area (Å²) >= 11 is 0. The number of carbonyl (C=O) groups is 4. The summed E-state index contributed by atoms with van der Waals surface area (Å²) in [5.74, 6) is 1.18. The molecular formula is C36H59N7O8. The molecule has 0 radical (unpaired) electrons. The molecule has 2 fully saturated rings. The molecule has 2 saturated carbocycles. The van der Waals surface area contributed by atoms with Crippen molar-refractivity contribution in [2.75, 3.05) is 14.1 Å². The smallest absolute Gasteiger partial charge is 0.304 e. The van der Waals surface area contributed by atoms with Gasteiger partial charge in [-0.1, -0.05) is 100 Å². The number of hydrogen-bond donors (Lipinski definition) is 3. The lowest BCUT2D eigenvalue weighted by Crippen LogP contribution is -2.24. The molecular weight excluding hydrogens is 658 g/mol. The van der Waals surface area contributed by atoms with Gasteiger partial charge < -0.3 is 24.0 Å². The third-order valence-electron chi connectivity index (χ3n) is 10.3. The molecule has 15 nitrogen and oxygen atoms in total. The number of carbonyl (C=O) groups excluding carboxylic acids is 3. The average Bonchev–Trinajstić information content (AvgIpc) is 3.78. The van der Waals surface area contributed by atoms with Gasteiger partial charge >= 0.3 is 5.97 Å². The standard InChI is InChI=1S/C18H30N4O4.C18H29N3O4/c1-13(23)22(2)12-16-19-18(26-21-16)15(11-17(24)20-25)10-6-9-14-7-4-3-5-8-14;1-13(22)21(2)12-16-19-18(25-20-16)15(11-17(23)24)10-6-9-14-7-4-3-5-8-14/h14-15,25H,3-12H2,1-2H3,(H,20,24);14-15H,3-12H2,1-2H3,(H,23,24)/t2*15-/m11/s1. The van der Waals surface area contributed by atoms with Crippen LogP contribution in [0.3, 0.4) is 0 Å². The number of nitrogens with one attached hydrogen (secondary N) is 1. The molecule has 0 unspecified atom stereocenters. The maximum Gasteiger partial charge on any atom is 0.304 e. The number of amides is 3. The van der Waals surface area contributed by atoms with Crippen molar-refractivity contribution in [3.63, 3.8) is 0 Å². The van der Waals surface area contributed by atoms with Crippen molar-refractivity contribution < 1.29 is 38.5 Å². The molecule has 2 atom stereocenters. The van der Waals surface area contributed by atoms with Gasteiger partial charge in [0.2, 0.25) is 29.5 Å². The van der Waals surface area contributed by atoms with E-state index in [1.165, 1.54) is 87.9 Å². The zero-order valence-corrected chi connectivity index (χ0v) is 31.0. The summed E-state index contributed by atoms with van der Waals surface area (Å²) in [6, 6.07) is 0. The van der Waals surface area contributed by atoms with E-state index in [1.54, 1.807) is 19.6 Å². The van der Waals surface area contributed by atoms with Crippen molar-refractivity contribution in [1.82, 2.24) is 35.6 Å². The molecule has 3 amide bonds. The first-order valence-electron chi connectivity index (χ1n) is 18.7. The van der Waals surface area contributed by atoms with Crippen molar-refractivity contribution in [2.24, 2.45) is 11.8 Å². The zero-order chi connectivity index (χ0) is 37.2. The van der Waals surface area contributed by atoms with Gasteiger partial charge in [-0.2, -0.15) is 9.97 Å². The van der Waals surface area contributed by atoms with E-state index >= 15 is 0 Å². The minimum atomic E-state index is -0.858. The fourth-order valence-electron chi connectivity index (χ4n) is 7.01. The quantitative estimate of drug-likeness (QED) is 0.118. The maximum atomic E-state index is 11.6. The molecule has 0 aromatic carbocycles. The molecule has 0 aliphatic heterocycles. The molecule has 2 aromatic heterocycles. The van der Waals surface area contributed by atoms with E-state index < -0.39 is 11.9 Å². The molecule has 2 heterocycles. The third kappa shape index (κ3) is 15.5. The minimum Gasteiger partial charge on any atom is -0.481 e. The van der Waals surface area contributed by atoms with Crippen molar-refractivity contribution >= 4 is 23.7 Å². The van der Waals surface area contributed by atoms with Gasteiger partial charge in [-0.15, -0.1) is 0 Å². The van der Waals surface area contributed by atoms with Gasteiger partial charge in [-0.3, -0.25) is 24.4 Å². The number of hydrogen-bond acceptors (Lipinski definition) is 11. The second-order valence-corrected chi connectivity index (χ2v) is 14.4. The monoisotopic (exact) mass is 717 g/mol. The van der Waals surface area contributed by atoms with Crippen LogP contribution in [0.1, 0.15) is 165 Å². The van der Waals surface area contributed by atoms with Crippen LogP contribution < -0.4 is 5.48 Å². The van der Waals surface area contributed by atoms with Crippen LogP contribution in [0.5, 0.6) is 0 Å². The van der Waals surface area contributed by atoms with E-state index in [0.29, 0.717) is 23.4 Å². The molecule has 0 bridgehead atoms. The lowest BCUT2D eigenvalue weighted by molar-refractivity contribution is -0.137.